The Morgan fingerprint density at radius 1 is 1.48 bits per heavy atom. The summed E-state index contributed by atoms with van der Waals surface area (Å²) in [5, 5.41) is 10.9. The third-order valence-electron chi connectivity index (χ3n) is 4.16. The topological polar surface area (TPSA) is 92.0 Å². The Labute approximate surface area is 146 Å². The number of aryl methyl sites for hydroxylation is 1. The maximum atomic E-state index is 12.4. The molecule has 2 N–H and O–H groups in total. The van der Waals surface area contributed by atoms with Crippen LogP contribution in [0.2, 0.25) is 0 Å². The number of ether oxygens (including phenoxy) is 1. The van der Waals surface area contributed by atoms with Gasteiger partial charge in [-0.2, -0.15) is 0 Å². The lowest BCUT2D eigenvalue weighted by atomic mass is 10.1. The van der Waals surface area contributed by atoms with Crippen LogP contribution in [-0.4, -0.2) is 55.7 Å². The number of nitrogens with one attached hydrogen (secondary N) is 1. The van der Waals surface area contributed by atoms with Gasteiger partial charge in [-0.3, -0.25) is 9.59 Å². The second-order valence-corrected chi connectivity index (χ2v) is 5.98. The average Bonchev–Trinajstić information content (AvgIpc) is 3.19. The Balaban J connectivity index is 0.000000701. The molecule has 0 bridgehead atoms. The molecule has 0 aliphatic carbocycles. The SMILES string of the molecule is COCCN1CCC(C(=O)Nc2ccc3oc(C)cc3c2)C1.O=CO. The standard InChI is InChI=1S/C17H22N2O3.CH2O2/c1-12-9-14-10-15(3-4-16(14)22-12)18-17(20)13-5-6-19(11-13)7-8-21-2;2-1-3/h3-4,9-10,13H,5-8,11H2,1-2H3,(H,18,20);1H,(H,2,3). The van der Waals surface area contributed by atoms with Gasteiger partial charge in [-0.05, 0) is 44.2 Å². The molecule has 25 heavy (non-hydrogen) atoms. The van der Waals surface area contributed by atoms with E-state index >= 15 is 0 Å². The molecule has 3 rings (SSSR count). The number of methoxy groups -OCH3 is 1. The molecule has 2 heterocycles. The van der Waals surface area contributed by atoms with Crippen LogP contribution in [0.4, 0.5) is 5.69 Å². The van der Waals surface area contributed by atoms with E-state index in [-0.39, 0.29) is 18.3 Å². The fourth-order valence-corrected chi connectivity index (χ4v) is 2.97. The molecule has 1 amide bonds. The molecule has 1 aliphatic heterocycles. The van der Waals surface area contributed by atoms with E-state index in [1.165, 1.54) is 0 Å². The van der Waals surface area contributed by atoms with Gasteiger partial charge in [0.15, 0.2) is 0 Å². The highest BCUT2D eigenvalue weighted by Gasteiger charge is 2.27. The second kappa shape index (κ2) is 9.19. The number of rotatable bonds is 5. The van der Waals surface area contributed by atoms with Gasteiger partial charge in [0, 0.05) is 31.3 Å². The molecule has 7 heteroatoms. The summed E-state index contributed by atoms with van der Waals surface area (Å²) >= 11 is 0. The number of fused-ring (bicyclic) bond motifs is 1. The first-order valence-electron chi connectivity index (χ1n) is 8.17. The zero-order valence-electron chi connectivity index (χ0n) is 14.5. The first-order chi connectivity index (χ1) is 12.1. The number of hydrogen-bond donors (Lipinski definition) is 2. The van der Waals surface area contributed by atoms with Gasteiger partial charge in [0.05, 0.1) is 12.5 Å². The van der Waals surface area contributed by atoms with Gasteiger partial charge in [0.2, 0.25) is 5.91 Å². The van der Waals surface area contributed by atoms with Gasteiger partial charge in [-0.15, -0.1) is 0 Å². The maximum Gasteiger partial charge on any atom is 0.290 e. The summed E-state index contributed by atoms with van der Waals surface area (Å²) in [5.41, 5.74) is 1.68. The third-order valence-corrected chi connectivity index (χ3v) is 4.16. The molecule has 1 aliphatic rings. The first-order valence-corrected chi connectivity index (χ1v) is 8.17. The molecule has 2 aromatic rings. The molecule has 1 unspecified atom stereocenters. The van der Waals surface area contributed by atoms with Crippen LogP contribution in [0.25, 0.3) is 11.0 Å². The number of benzene rings is 1. The lowest BCUT2D eigenvalue weighted by molar-refractivity contribution is -0.123. The van der Waals surface area contributed by atoms with Crippen molar-refractivity contribution in [2.24, 2.45) is 5.92 Å². The Bertz CT molecular complexity index is 713. The van der Waals surface area contributed by atoms with Crippen molar-refractivity contribution in [3.8, 4) is 0 Å². The van der Waals surface area contributed by atoms with Crippen LogP contribution in [0.15, 0.2) is 28.7 Å². The summed E-state index contributed by atoms with van der Waals surface area (Å²) in [5.74, 6) is 1.03. The van der Waals surface area contributed by atoms with Gasteiger partial charge in [0.1, 0.15) is 11.3 Å². The smallest absolute Gasteiger partial charge is 0.290 e. The molecular formula is C18H24N2O5. The summed E-state index contributed by atoms with van der Waals surface area (Å²) in [4.78, 5) is 23.0. The molecule has 1 atom stereocenters. The number of carbonyl (C=O) groups excluding carboxylic acids is 1. The monoisotopic (exact) mass is 348 g/mol. The number of likely N-dealkylation sites (tertiary alicyclic amines) is 1. The summed E-state index contributed by atoms with van der Waals surface area (Å²) in [7, 11) is 1.70. The van der Waals surface area contributed by atoms with E-state index in [4.69, 9.17) is 19.1 Å². The summed E-state index contributed by atoms with van der Waals surface area (Å²) < 4.78 is 10.6. The van der Waals surface area contributed by atoms with Crippen molar-refractivity contribution in [3.63, 3.8) is 0 Å². The fourth-order valence-electron chi connectivity index (χ4n) is 2.97. The minimum atomic E-state index is -0.250. The van der Waals surface area contributed by atoms with Crippen LogP contribution in [0.1, 0.15) is 12.2 Å². The zero-order chi connectivity index (χ0) is 18.2. The highest BCUT2D eigenvalue weighted by atomic mass is 16.5. The highest BCUT2D eigenvalue weighted by Crippen LogP contribution is 2.24. The normalized spacial score (nSPS) is 17.1. The molecule has 0 spiro atoms. The van der Waals surface area contributed by atoms with Gasteiger partial charge >= 0.3 is 0 Å². The van der Waals surface area contributed by atoms with Crippen molar-refractivity contribution in [1.29, 1.82) is 0 Å². The first kappa shape index (κ1) is 19.0. The van der Waals surface area contributed by atoms with Crippen LogP contribution in [0.3, 0.4) is 0 Å². The lowest BCUT2D eigenvalue weighted by Gasteiger charge is -2.15. The second-order valence-electron chi connectivity index (χ2n) is 5.98. The van der Waals surface area contributed by atoms with E-state index in [0.29, 0.717) is 6.61 Å². The predicted octanol–water partition coefficient (Wildman–Crippen LogP) is 2.35. The summed E-state index contributed by atoms with van der Waals surface area (Å²) in [6.45, 7) is 5.04. The van der Waals surface area contributed by atoms with E-state index in [0.717, 1.165) is 48.5 Å². The van der Waals surface area contributed by atoms with Gasteiger partial charge < -0.3 is 24.5 Å². The molecule has 1 aromatic heterocycles. The summed E-state index contributed by atoms with van der Waals surface area (Å²) in [6, 6.07) is 7.73. The quantitative estimate of drug-likeness (QED) is 0.806. The molecule has 1 aromatic carbocycles. The van der Waals surface area contributed by atoms with Gasteiger partial charge in [-0.25, -0.2) is 0 Å². The number of nitrogens with zero attached hydrogens (tertiary/aromatic N) is 1. The maximum absolute atomic E-state index is 12.4. The largest absolute Gasteiger partial charge is 0.483 e. The van der Waals surface area contributed by atoms with E-state index in [9.17, 15) is 4.79 Å². The van der Waals surface area contributed by atoms with Crippen molar-refractivity contribution >= 4 is 29.0 Å². The number of anilines is 1. The predicted molar refractivity (Wildman–Crippen MR) is 94.7 cm³/mol. The van der Waals surface area contributed by atoms with Crippen molar-refractivity contribution in [2.75, 3.05) is 38.7 Å². The van der Waals surface area contributed by atoms with E-state index in [1.807, 2.05) is 31.2 Å². The van der Waals surface area contributed by atoms with Crippen LogP contribution in [0.5, 0.6) is 0 Å². The Hall–Kier alpha value is -2.38. The van der Waals surface area contributed by atoms with E-state index < -0.39 is 0 Å². The number of carbonyl (C=O) groups is 2. The molecule has 136 valence electrons. The molecule has 0 saturated carbocycles. The fraction of sp³-hybridized carbons (Fsp3) is 0.444. The van der Waals surface area contributed by atoms with Crippen molar-refractivity contribution in [3.05, 3.63) is 30.0 Å². The van der Waals surface area contributed by atoms with Gasteiger partial charge in [-0.1, -0.05) is 0 Å². The number of furan rings is 1. The highest BCUT2D eigenvalue weighted by molar-refractivity contribution is 5.95. The number of hydrogen-bond acceptors (Lipinski definition) is 5. The van der Waals surface area contributed by atoms with Crippen molar-refractivity contribution < 1.29 is 23.8 Å². The summed E-state index contributed by atoms with van der Waals surface area (Å²) in [6.07, 6.45) is 0.905. The minimum absolute atomic E-state index is 0.0543. The zero-order valence-corrected chi connectivity index (χ0v) is 14.5. The molecule has 1 saturated heterocycles. The van der Waals surface area contributed by atoms with Crippen LogP contribution >= 0.6 is 0 Å². The Kier molecular flexibility index (Phi) is 6.97. The number of amides is 1. The molecule has 7 nitrogen and oxygen atoms in total. The van der Waals surface area contributed by atoms with Gasteiger partial charge in [0.25, 0.3) is 6.47 Å². The van der Waals surface area contributed by atoms with Crippen LogP contribution in [0, 0.1) is 12.8 Å². The lowest BCUT2D eigenvalue weighted by Crippen LogP contribution is -2.29. The molecule has 1 fully saturated rings. The van der Waals surface area contributed by atoms with Crippen LogP contribution in [-0.2, 0) is 14.3 Å². The van der Waals surface area contributed by atoms with Crippen LogP contribution < -0.4 is 5.32 Å². The van der Waals surface area contributed by atoms with Crippen molar-refractivity contribution in [1.82, 2.24) is 4.90 Å². The average molecular weight is 348 g/mol. The molecule has 0 radical (unpaired) electrons. The Morgan fingerprint density at radius 2 is 2.24 bits per heavy atom. The van der Waals surface area contributed by atoms with E-state index in [1.54, 1.807) is 7.11 Å². The number of carboxylic acid groups (broad SMARTS) is 1. The molecular weight excluding hydrogens is 324 g/mol. The van der Waals surface area contributed by atoms with Crippen molar-refractivity contribution in [2.45, 2.75) is 13.3 Å². The Morgan fingerprint density at radius 3 is 2.96 bits per heavy atom. The third kappa shape index (κ3) is 5.30. The minimum Gasteiger partial charge on any atom is -0.483 e. The van der Waals surface area contributed by atoms with E-state index in [2.05, 4.69) is 10.2 Å².